The molecule has 0 radical (unpaired) electrons. The molecule has 118 valence electrons. The van der Waals surface area contributed by atoms with Crippen LogP contribution in [0.3, 0.4) is 0 Å². The van der Waals surface area contributed by atoms with Gasteiger partial charge in [-0.25, -0.2) is 4.79 Å². The Morgan fingerprint density at radius 2 is 2.00 bits per heavy atom. The lowest BCUT2D eigenvalue weighted by Gasteiger charge is -1.99. The number of carbonyl (C=O) groups is 2. The second-order valence-corrected chi connectivity index (χ2v) is 7.03. The van der Waals surface area contributed by atoms with Crippen molar-refractivity contribution in [3.8, 4) is 0 Å². The predicted octanol–water partition coefficient (Wildman–Crippen LogP) is 4.37. The van der Waals surface area contributed by atoms with Crippen molar-refractivity contribution >= 4 is 57.3 Å². The van der Waals surface area contributed by atoms with E-state index < -0.39 is 11.9 Å². The van der Waals surface area contributed by atoms with Gasteiger partial charge >= 0.3 is 6.03 Å². The number of imide groups is 1. The molecule has 2 heterocycles. The zero-order chi connectivity index (χ0) is 16.6. The quantitative estimate of drug-likeness (QED) is 0.599. The maximum absolute atomic E-state index is 11.8. The first-order chi connectivity index (χ1) is 10.9. The Bertz CT molecular complexity index is 817. The second-order valence-electron chi connectivity index (χ2n) is 4.69. The van der Waals surface area contributed by atoms with E-state index in [1.165, 1.54) is 24.9 Å². The van der Waals surface area contributed by atoms with Crippen molar-refractivity contribution in [3.05, 3.63) is 51.3 Å². The van der Waals surface area contributed by atoms with Crippen LogP contribution >= 0.6 is 39.3 Å². The summed E-state index contributed by atoms with van der Waals surface area (Å²) in [7, 11) is 1.42. The van der Waals surface area contributed by atoms with Gasteiger partial charge in [0, 0.05) is 23.0 Å². The summed E-state index contributed by atoms with van der Waals surface area (Å²) in [4.78, 5) is 25.2. The van der Waals surface area contributed by atoms with E-state index in [1.54, 1.807) is 18.2 Å². The molecule has 1 saturated heterocycles. The van der Waals surface area contributed by atoms with Gasteiger partial charge in [-0.1, -0.05) is 23.4 Å². The van der Waals surface area contributed by atoms with Crippen molar-refractivity contribution in [1.29, 1.82) is 0 Å². The van der Waals surface area contributed by atoms with Gasteiger partial charge < -0.3 is 9.73 Å². The van der Waals surface area contributed by atoms with Crippen LogP contribution in [-0.4, -0.2) is 23.9 Å². The summed E-state index contributed by atoms with van der Waals surface area (Å²) in [5.41, 5.74) is 0.182. The van der Waals surface area contributed by atoms with E-state index in [4.69, 9.17) is 16.0 Å². The van der Waals surface area contributed by atoms with Crippen LogP contribution in [0.2, 0.25) is 5.02 Å². The molecule has 0 atom stereocenters. The number of rotatable bonds is 3. The van der Waals surface area contributed by atoms with E-state index in [0.29, 0.717) is 15.9 Å². The van der Waals surface area contributed by atoms with Gasteiger partial charge in [-0.15, -0.1) is 0 Å². The maximum Gasteiger partial charge on any atom is 0.328 e. The summed E-state index contributed by atoms with van der Waals surface area (Å²) < 4.78 is 6.47. The molecule has 3 amide bonds. The number of urea groups is 1. The molecule has 1 N–H and O–H groups in total. The third-order valence-electron chi connectivity index (χ3n) is 3.07. The molecule has 5 nitrogen and oxygen atoms in total. The van der Waals surface area contributed by atoms with Crippen LogP contribution in [0.25, 0.3) is 6.08 Å². The van der Waals surface area contributed by atoms with Gasteiger partial charge in [-0.2, -0.15) is 0 Å². The summed E-state index contributed by atoms with van der Waals surface area (Å²) >= 11 is 10.7. The van der Waals surface area contributed by atoms with Crippen LogP contribution in [0.5, 0.6) is 0 Å². The SMILES string of the molecule is CN1C(=O)N/C(=C/c2cc(Br)c(Sc3ccc(Cl)cc3)o2)C1=O. The van der Waals surface area contributed by atoms with Crippen LogP contribution in [0.15, 0.2) is 54.9 Å². The van der Waals surface area contributed by atoms with E-state index >= 15 is 0 Å². The van der Waals surface area contributed by atoms with Crippen molar-refractivity contribution < 1.29 is 14.0 Å². The number of halogens is 2. The van der Waals surface area contributed by atoms with Crippen LogP contribution in [0, 0.1) is 0 Å². The lowest BCUT2D eigenvalue weighted by molar-refractivity contribution is -0.121. The molecule has 1 fully saturated rings. The summed E-state index contributed by atoms with van der Waals surface area (Å²) in [5, 5.41) is 3.80. The second kappa shape index (κ2) is 6.43. The number of amides is 3. The fourth-order valence-electron chi connectivity index (χ4n) is 1.88. The van der Waals surface area contributed by atoms with E-state index in [1.807, 2.05) is 12.1 Å². The summed E-state index contributed by atoms with van der Waals surface area (Å²) in [5.74, 6) is 0.0710. The molecule has 3 rings (SSSR count). The van der Waals surface area contributed by atoms with Gasteiger partial charge in [0.25, 0.3) is 5.91 Å². The number of hydrogen-bond acceptors (Lipinski definition) is 4. The van der Waals surface area contributed by atoms with E-state index in [9.17, 15) is 9.59 Å². The number of nitrogens with one attached hydrogen (secondary N) is 1. The number of hydrogen-bond donors (Lipinski definition) is 1. The molecule has 1 aromatic carbocycles. The average Bonchev–Trinajstić information content (AvgIpc) is 2.97. The van der Waals surface area contributed by atoms with Crippen LogP contribution in [0.4, 0.5) is 4.79 Å². The molecule has 8 heteroatoms. The summed E-state index contributed by atoms with van der Waals surface area (Å²) in [6, 6.07) is 8.65. The topological polar surface area (TPSA) is 62.6 Å². The smallest absolute Gasteiger partial charge is 0.328 e. The Labute approximate surface area is 149 Å². The van der Waals surface area contributed by atoms with Gasteiger partial charge in [0.2, 0.25) is 0 Å². The highest BCUT2D eigenvalue weighted by Gasteiger charge is 2.30. The summed E-state index contributed by atoms with van der Waals surface area (Å²) in [6.07, 6.45) is 1.50. The first-order valence-electron chi connectivity index (χ1n) is 6.47. The van der Waals surface area contributed by atoms with E-state index in [0.717, 1.165) is 14.3 Å². The number of furan rings is 1. The largest absolute Gasteiger partial charge is 0.449 e. The molecule has 0 spiro atoms. The molecule has 0 unspecified atom stereocenters. The standard InChI is InChI=1S/C15H10BrClN2O3S/c1-19-13(20)12(18-15(19)21)7-9-6-11(16)14(22-9)23-10-4-2-8(17)3-5-10/h2-7H,1H3,(H,18,21)/b12-7+. The van der Waals surface area contributed by atoms with Gasteiger partial charge in [-0.05, 0) is 46.3 Å². The predicted molar refractivity (Wildman–Crippen MR) is 91.3 cm³/mol. The van der Waals surface area contributed by atoms with Gasteiger partial charge in [0.1, 0.15) is 11.5 Å². The Balaban J connectivity index is 1.83. The molecule has 0 aliphatic carbocycles. The average molecular weight is 414 g/mol. The maximum atomic E-state index is 11.8. The molecular weight excluding hydrogens is 404 g/mol. The first kappa shape index (κ1) is 16.2. The highest BCUT2D eigenvalue weighted by molar-refractivity contribution is 9.10. The van der Waals surface area contributed by atoms with Gasteiger partial charge in [-0.3, -0.25) is 9.69 Å². The van der Waals surface area contributed by atoms with Crippen LogP contribution < -0.4 is 5.32 Å². The highest BCUT2D eigenvalue weighted by atomic mass is 79.9. The minimum Gasteiger partial charge on any atom is -0.449 e. The van der Waals surface area contributed by atoms with Gasteiger partial charge in [0.05, 0.1) is 4.47 Å². The Morgan fingerprint density at radius 3 is 2.61 bits per heavy atom. The monoisotopic (exact) mass is 412 g/mol. The van der Waals surface area contributed by atoms with Gasteiger partial charge in [0.15, 0.2) is 5.09 Å². The van der Waals surface area contributed by atoms with E-state index in [2.05, 4.69) is 21.2 Å². The molecule has 1 aromatic heterocycles. The molecular formula is C15H10BrClN2O3S. The third-order valence-corrected chi connectivity index (χ3v) is 5.17. The molecule has 23 heavy (non-hydrogen) atoms. The lowest BCUT2D eigenvalue weighted by atomic mass is 10.3. The summed E-state index contributed by atoms with van der Waals surface area (Å²) in [6.45, 7) is 0. The van der Waals surface area contributed by atoms with Crippen molar-refractivity contribution in [2.75, 3.05) is 7.05 Å². The first-order valence-corrected chi connectivity index (χ1v) is 8.46. The Hall–Kier alpha value is -1.70. The van der Waals surface area contributed by atoms with Crippen molar-refractivity contribution in [2.24, 2.45) is 0 Å². The number of benzene rings is 1. The zero-order valence-corrected chi connectivity index (χ0v) is 15.0. The third kappa shape index (κ3) is 3.46. The van der Waals surface area contributed by atoms with Crippen molar-refractivity contribution in [3.63, 3.8) is 0 Å². The molecule has 2 aromatic rings. The normalized spacial score (nSPS) is 16.3. The molecule has 0 bridgehead atoms. The number of nitrogens with zero attached hydrogens (tertiary/aromatic N) is 1. The number of likely N-dealkylation sites (N-methyl/N-ethyl adjacent to an activating group) is 1. The minimum atomic E-state index is -0.456. The molecule has 0 saturated carbocycles. The Morgan fingerprint density at radius 1 is 1.30 bits per heavy atom. The Kier molecular flexibility index (Phi) is 4.52. The van der Waals surface area contributed by atoms with Crippen LogP contribution in [0.1, 0.15) is 5.76 Å². The zero-order valence-electron chi connectivity index (χ0n) is 11.8. The fraction of sp³-hybridized carbons (Fsp3) is 0.0667. The van der Waals surface area contributed by atoms with Crippen molar-refractivity contribution in [1.82, 2.24) is 10.2 Å². The van der Waals surface area contributed by atoms with Crippen molar-refractivity contribution in [2.45, 2.75) is 9.99 Å². The number of carbonyl (C=O) groups excluding carboxylic acids is 2. The van der Waals surface area contributed by atoms with E-state index in [-0.39, 0.29) is 5.70 Å². The molecule has 1 aliphatic rings. The molecule has 1 aliphatic heterocycles. The lowest BCUT2D eigenvalue weighted by Crippen LogP contribution is -2.25. The highest BCUT2D eigenvalue weighted by Crippen LogP contribution is 2.36. The fourth-order valence-corrected chi connectivity index (χ4v) is 3.34. The minimum absolute atomic E-state index is 0.182. The van der Waals surface area contributed by atoms with Crippen LogP contribution in [-0.2, 0) is 4.79 Å².